The minimum atomic E-state index is 0.787. The lowest BCUT2D eigenvalue weighted by Gasteiger charge is -2.16. The van der Waals surface area contributed by atoms with E-state index in [4.69, 9.17) is 5.73 Å². The molecule has 0 spiro atoms. The van der Waals surface area contributed by atoms with Crippen molar-refractivity contribution in [1.29, 1.82) is 0 Å². The number of hydrogen-bond acceptors (Lipinski definition) is 1. The first-order valence-electron chi connectivity index (χ1n) is 6.71. The molecule has 0 saturated heterocycles. The zero-order valence-corrected chi connectivity index (χ0v) is 10.8. The summed E-state index contributed by atoms with van der Waals surface area (Å²) in [5.74, 6) is 0. The fourth-order valence-electron chi connectivity index (χ4n) is 2.09. The van der Waals surface area contributed by atoms with Gasteiger partial charge in [0, 0.05) is 0 Å². The molecular formula is C17H21N. The zero-order chi connectivity index (χ0) is 12.6. The van der Waals surface area contributed by atoms with Gasteiger partial charge in [0.1, 0.15) is 0 Å². The van der Waals surface area contributed by atoms with Gasteiger partial charge in [-0.25, -0.2) is 0 Å². The van der Waals surface area contributed by atoms with Gasteiger partial charge in [-0.15, -0.1) is 0 Å². The van der Waals surface area contributed by atoms with E-state index >= 15 is 0 Å². The van der Waals surface area contributed by atoms with Gasteiger partial charge in [-0.2, -0.15) is 0 Å². The van der Waals surface area contributed by atoms with Crippen LogP contribution in [0, 0.1) is 0 Å². The molecule has 0 amide bonds. The second kappa shape index (κ2) is 6.97. The number of rotatable bonds is 3. The maximum absolute atomic E-state index is 5.38. The molecule has 0 saturated carbocycles. The summed E-state index contributed by atoms with van der Waals surface area (Å²) in [6.45, 7) is 0.787. The molecule has 0 aromatic heterocycles. The van der Waals surface area contributed by atoms with Crippen LogP contribution in [0.25, 0.3) is 0 Å². The van der Waals surface area contributed by atoms with Gasteiger partial charge in [0.25, 0.3) is 0 Å². The molecule has 0 atom stereocenters. The maximum Gasteiger partial charge on any atom is -0.00741 e. The van der Waals surface area contributed by atoms with Gasteiger partial charge in [-0.1, -0.05) is 54.6 Å². The molecule has 18 heavy (non-hydrogen) atoms. The van der Waals surface area contributed by atoms with E-state index in [9.17, 15) is 0 Å². The maximum atomic E-state index is 5.38. The third kappa shape index (κ3) is 3.71. The second-order valence-corrected chi connectivity index (χ2v) is 4.65. The lowest BCUT2D eigenvalue weighted by atomic mass is 9.89. The minimum Gasteiger partial charge on any atom is -0.330 e. The lowest BCUT2D eigenvalue weighted by molar-refractivity contribution is 0.833. The number of benzene rings is 2. The number of aryl methyl sites for hydroxylation is 3. The van der Waals surface area contributed by atoms with Crippen molar-refractivity contribution in [2.75, 3.05) is 6.54 Å². The van der Waals surface area contributed by atoms with Crippen LogP contribution >= 0.6 is 0 Å². The van der Waals surface area contributed by atoms with Crippen molar-refractivity contribution in [2.24, 2.45) is 5.73 Å². The Hall–Kier alpha value is -1.60. The van der Waals surface area contributed by atoms with E-state index in [1.807, 2.05) is 6.07 Å². The van der Waals surface area contributed by atoms with Crippen LogP contribution in [-0.2, 0) is 19.3 Å². The van der Waals surface area contributed by atoms with Crippen molar-refractivity contribution in [3.63, 3.8) is 0 Å². The highest BCUT2D eigenvalue weighted by atomic mass is 14.5. The largest absolute Gasteiger partial charge is 0.330 e. The van der Waals surface area contributed by atoms with E-state index < -0.39 is 0 Å². The SMILES string of the molecule is NCCCc1ccccc1.c1ccc2c(c1)CC2. The summed E-state index contributed by atoms with van der Waals surface area (Å²) < 4.78 is 0. The van der Waals surface area contributed by atoms with Crippen LogP contribution in [0.15, 0.2) is 54.6 Å². The van der Waals surface area contributed by atoms with E-state index in [2.05, 4.69) is 48.5 Å². The third-order valence-corrected chi connectivity index (χ3v) is 3.29. The van der Waals surface area contributed by atoms with Crippen molar-refractivity contribution in [3.05, 3.63) is 71.3 Å². The Bertz CT molecular complexity index is 439. The summed E-state index contributed by atoms with van der Waals surface area (Å²) in [5, 5.41) is 0. The first-order chi connectivity index (χ1) is 8.90. The molecule has 94 valence electrons. The smallest absolute Gasteiger partial charge is 0.00741 e. The summed E-state index contributed by atoms with van der Waals surface area (Å²) in [5.41, 5.74) is 9.86. The Kier molecular flexibility index (Phi) is 4.98. The molecule has 0 radical (unpaired) electrons. The molecular weight excluding hydrogens is 218 g/mol. The topological polar surface area (TPSA) is 26.0 Å². The normalized spacial score (nSPS) is 11.8. The molecule has 0 fully saturated rings. The van der Waals surface area contributed by atoms with Gasteiger partial charge in [-0.3, -0.25) is 0 Å². The lowest BCUT2D eigenvalue weighted by Crippen LogP contribution is -2.06. The zero-order valence-electron chi connectivity index (χ0n) is 10.8. The van der Waals surface area contributed by atoms with Gasteiger partial charge in [0.15, 0.2) is 0 Å². The first kappa shape index (κ1) is 12.8. The van der Waals surface area contributed by atoms with E-state index in [0.717, 1.165) is 19.4 Å². The average molecular weight is 239 g/mol. The number of hydrogen-bond donors (Lipinski definition) is 1. The summed E-state index contributed by atoms with van der Waals surface area (Å²) in [6, 6.07) is 19.1. The molecule has 1 aliphatic rings. The monoisotopic (exact) mass is 239 g/mol. The van der Waals surface area contributed by atoms with Crippen LogP contribution in [0.4, 0.5) is 0 Å². The molecule has 0 unspecified atom stereocenters. The predicted octanol–water partition coefficient (Wildman–Crippen LogP) is 3.36. The van der Waals surface area contributed by atoms with Crippen LogP contribution in [-0.4, -0.2) is 6.54 Å². The Morgan fingerprint density at radius 3 is 1.78 bits per heavy atom. The second-order valence-electron chi connectivity index (χ2n) is 4.65. The number of fused-ring (bicyclic) bond motifs is 1. The Balaban J connectivity index is 0.000000136. The predicted molar refractivity (Wildman–Crippen MR) is 77.7 cm³/mol. The molecule has 0 bridgehead atoms. The van der Waals surface area contributed by atoms with Crippen molar-refractivity contribution < 1.29 is 0 Å². The molecule has 2 aromatic rings. The molecule has 2 N–H and O–H groups in total. The quantitative estimate of drug-likeness (QED) is 0.873. The summed E-state index contributed by atoms with van der Waals surface area (Å²) in [6.07, 6.45) is 4.80. The van der Waals surface area contributed by atoms with E-state index in [0.29, 0.717) is 0 Å². The van der Waals surface area contributed by atoms with Crippen molar-refractivity contribution in [3.8, 4) is 0 Å². The Labute approximate surface area is 110 Å². The number of nitrogens with two attached hydrogens (primary N) is 1. The van der Waals surface area contributed by atoms with Crippen LogP contribution in [0.2, 0.25) is 0 Å². The van der Waals surface area contributed by atoms with Gasteiger partial charge in [0.05, 0.1) is 0 Å². The van der Waals surface area contributed by atoms with Gasteiger partial charge in [-0.05, 0) is 48.9 Å². The summed E-state index contributed by atoms with van der Waals surface area (Å²) in [4.78, 5) is 0. The molecule has 1 nitrogen and oxygen atoms in total. The Morgan fingerprint density at radius 2 is 1.33 bits per heavy atom. The van der Waals surface area contributed by atoms with Crippen LogP contribution < -0.4 is 5.73 Å². The minimum absolute atomic E-state index is 0.787. The van der Waals surface area contributed by atoms with Crippen LogP contribution in [0.1, 0.15) is 23.1 Å². The fourth-order valence-corrected chi connectivity index (χ4v) is 2.09. The highest BCUT2D eigenvalue weighted by Crippen LogP contribution is 2.20. The third-order valence-electron chi connectivity index (χ3n) is 3.29. The van der Waals surface area contributed by atoms with Gasteiger partial charge < -0.3 is 5.73 Å². The molecule has 0 heterocycles. The molecule has 3 rings (SSSR count). The van der Waals surface area contributed by atoms with E-state index in [1.54, 1.807) is 11.1 Å². The van der Waals surface area contributed by atoms with Crippen molar-refractivity contribution in [2.45, 2.75) is 25.7 Å². The Morgan fingerprint density at radius 1 is 0.778 bits per heavy atom. The van der Waals surface area contributed by atoms with E-state index in [1.165, 1.54) is 18.4 Å². The average Bonchev–Trinajstić information content (AvgIpc) is 2.40. The highest BCUT2D eigenvalue weighted by molar-refractivity contribution is 5.34. The highest BCUT2D eigenvalue weighted by Gasteiger charge is 2.09. The van der Waals surface area contributed by atoms with E-state index in [-0.39, 0.29) is 0 Å². The van der Waals surface area contributed by atoms with Crippen molar-refractivity contribution in [1.82, 2.24) is 0 Å². The molecule has 1 heteroatoms. The van der Waals surface area contributed by atoms with Crippen LogP contribution in [0.5, 0.6) is 0 Å². The standard InChI is InChI=1S/C9H13N.C8H8/c10-8-4-7-9-5-2-1-3-6-9;1-2-4-8-6-5-7(8)3-1/h1-3,5-6H,4,7-8,10H2;1-4H,5-6H2. The summed E-state index contributed by atoms with van der Waals surface area (Å²) in [7, 11) is 0. The fraction of sp³-hybridized carbons (Fsp3) is 0.294. The van der Waals surface area contributed by atoms with Gasteiger partial charge >= 0.3 is 0 Å². The van der Waals surface area contributed by atoms with Gasteiger partial charge in [0.2, 0.25) is 0 Å². The summed E-state index contributed by atoms with van der Waals surface area (Å²) >= 11 is 0. The molecule has 0 aliphatic heterocycles. The van der Waals surface area contributed by atoms with Crippen LogP contribution in [0.3, 0.4) is 0 Å². The molecule has 1 aliphatic carbocycles. The molecule has 2 aromatic carbocycles. The van der Waals surface area contributed by atoms with Crippen molar-refractivity contribution >= 4 is 0 Å². The first-order valence-corrected chi connectivity index (χ1v) is 6.71.